The van der Waals surface area contributed by atoms with E-state index in [0.29, 0.717) is 6.42 Å². The highest BCUT2D eigenvalue weighted by Crippen LogP contribution is 2.52. The summed E-state index contributed by atoms with van der Waals surface area (Å²) >= 11 is 0. The van der Waals surface area contributed by atoms with Crippen LogP contribution in [0.1, 0.15) is 42.1 Å². The van der Waals surface area contributed by atoms with Crippen molar-refractivity contribution in [1.82, 2.24) is 4.90 Å². The summed E-state index contributed by atoms with van der Waals surface area (Å²) in [4.78, 5) is 2.37. The molecule has 2 nitrogen and oxygen atoms in total. The van der Waals surface area contributed by atoms with Crippen LogP contribution in [0.2, 0.25) is 0 Å². The second kappa shape index (κ2) is 7.50. The fourth-order valence-electron chi connectivity index (χ4n) is 4.75. The largest absolute Gasteiger partial charge is 0.385 e. The van der Waals surface area contributed by atoms with Crippen LogP contribution < -0.4 is 0 Å². The van der Waals surface area contributed by atoms with E-state index in [4.69, 9.17) is 0 Å². The van der Waals surface area contributed by atoms with Crippen molar-refractivity contribution in [3.8, 4) is 0 Å². The summed E-state index contributed by atoms with van der Waals surface area (Å²) in [6, 6.07) is 27.1. The van der Waals surface area contributed by atoms with Gasteiger partial charge in [-0.25, -0.2) is 4.39 Å². The first-order valence-corrected chi connectivity index (χ1v) is 9.81. The molecule has 0 saturated carbocycles. The fourth-order valence-corrected chi connectivity index (χ4v) is 4.75. The Balaban J connectivity index is 1.83. The van der Waals surface area contributed by atoms with Crippen molar-refractivity contribution in [2.75, 3.05) is 7.05 Å². The third-order valence-electron chi connectivity index (χ3n) is 6.33. The van der Waals surface area contributed by atoms with Gasteiger partial charge in [-0.3, -0.25) is 4.90 Å². The first-order valence-electron chi connectivity index (χ1n) is 9.81. The first-order chi connectivity index (χ1) is 13.5. The number of piperidine rings is 1. The van der Waals surface area contributed by atoms with Crippen molar-refractivity contribution in [2.24, 2.45) is 5.92 Å². The van der Waals surface area contributed by atoms with Gasteiger partial charge in [0.2, 0.25) is 0 Å². The Morgan fingerprint density at radius 1 is 0.857 bits per heavy atom. The van der Waals surface area contributed by atoms with E-state index in [1.165, 1.54) is 23.3 Å². The lowest BCUT2D eigenvalue weighted by Crippen LogP contribution is -2.50. The number of halogens is 1. The zero-order valence-corrected chi connectivity index (χ0v) is 16.3. The Bertz CT molecular complexity index is 912. The standard InChI is InChI=1S/C25H26FNO/c1-18-24(20-11-7-4-8-12-20)27(2)23(19-9-5-3-6-10-19)17-25(18,28)21-13-15-22(26)16-14-21/h3-16,18,23-24,28H,17H2,1-2H3/t18-,23-,24+,25+/m0/s1. The molecule has 1 fully saturated rings. The maximum Gasteiger partial charge on any atom is 0.123 e. The maximum absolute atomic E-state index is 13.5. The SMILES string of the molecule is C[C@H]1[C@H](c2ccccc2)N(C)[C@H](c2ccccc2)C[C@]1(O)c1ccc(F)cc1. The number of benzene rings is 3. The Morgan fingerprint density at radius 2 is 1.39 bits per heavy atom. The summed E-state index contributed by atoms with van der Waals surface area (Å²) in [5, 5.41) is 11.9. The predicted molar refractivity (Wildman–Crippen MR) is 110 cm³/mol. The maximum atomic E-state index is 13.5. The zero-order valence-electron chi connectivity index (χ0n) is 16.3. The van der Waals surface area contributed by atoms with E-state index in [2.05, 4.69) is 43.1 Å². The second-order valence-corrected chi connectivity index (χ2v) is 7.87. The monoisotopic (exact) mass is 375 g/mol. The minimum Gasteiger partial charge on any atom is -0.385 e. The molecule has 0 bridgehead atoms. The van der Waals surface area contributed by atoms with Gasteiger partial charge in [0.25, 0.3) is 0 Å². The van der Waals surface area contributed by atoms with E-state index in [9.17, 15) is 9.50 Å². The summed E-state index contributed by atoms with van der Waals surface area (Å²) in [7, 11) is 2.13. The molecule has 0 spiro atoms. The predicted octanol–water partition coefficient (Wildman–Crippen LogP) is 5.47. The number of nitrogens with zero attached hydrogens (tertiary/aromatic N) is 1. The molecule has 3 aromatic rings. The number of hydrogen-bond acceptors (Lipinski definition) is 2. The van der Waals surface area contributed by atoms with Gasteiger partial charge in [0, 0.05) is 24.4 Å². The van der Waals surface area contributed by atoms with Crippen molar-refractivity contribution < 1.29 is 9.50 Å². The molecule has 4 rings (SSSR count). The van der Waals surface area contributed by atoms with Crippen LogP contribution in [-0.2, 0) is 5.60 Å². The first kappa shape index (κ1) is 18.9. The van der Waals surface area contributed by atoms with E-state index in [0.717, 1.165) is 5.56 Å². The molecule has 0 unspecified atom stereocenters. The molecule has 0 aromatic heterocycles. The molecule has 0 amide bonds. The van der Waals surface area contributed by atoms with Crippen LogP contribution in [-0.4, -0.2) is 17.1 Å². The van der Waals surface area contributed by atoms with E-state index in [1.54, 1.807) is 12.1 Å². The van der Waals surface area contributed by atoms with Gasteiger partial charge >= 0.3 is 0 Å². The Labute approximate surface area is 166 Å². The number of hydrogen-bond donors (Lipinski definition) is 1. The Hall–Kier alpha value is -2.49. The number of rotatable bonds is 3. The topological polar surface area (TPSA) is 23.5 Å². The quantitative estimate of drug-likeness (QED) is 0.656. The van der Waals surface area contributed by atoms with Crippen LogP contribution in [0, 0.1) is 11.7 Å². The van der Waals surface area contributed by atoms with Crippen LogP contribution in [0.4, 0.5) is 4.39 Å². The molecule has 0 radical (unpaired) electrons. The summed E-state index contributed by atoms with van der Waals surface area (Å²) < 4.78 is 13.5. The van der Waals surface area contributed by atoms with Gasteiger partial charge in [0.15, 0.2) is 0 Å². The second-order valence-electron chi connectivity index (χ2n) is 7.87. The lowest BCUT2D eigenvalue weighted by molar-refractivity contribution is -0.120. The van der Waals surface area contributed by atoms with Gasteiger partial charge in [-0.15, -0.1) is 0 Å². The summed E-state index contributed by atoms with van der Waals surface area (Å²) in [5.41, 5.74) is 2.08. The van der Waals surface area contributed by atoms with Gasteiger partial charge in [-0.2, -0.15) is 0 Å². The highest BCUT2D eigenvalue weighted by Gasteiger charge is 2.49. The summed E-state index contributed by atoms with van der Waals surface area (Å²) in [5.74, 6) is -0.350. The van der Waals surface area contributed by atoms with Gasteiger partial charge in [-0.05, 0) is 35.9 Å². The minimum atomic E-state index is -1.05. The van der Waals surface area contributed by atoms with Crippen LogP contribution in [0.5, 0.6) is 0 Å². The van der Waals surface area contributed by atoms with E-state index in [1.807, 2.05) is 36.4 Å². The van der Waals surface area contributed by atoms with Gasteiger partial charge in [0.1, 0.15) is 5.82 Å². The summed E-state index contributed by atoms with van der Waals surface area (Å²) in [6.45, 7) is 2.10. The van der Waals surface area contributed by atoms with E-state index >= 15 is 0 Å². The molecule has 144 valence electrons. The van der Waals surface area contributed by atoms with Crippen molar-refractivity contribution in [2.45, 2.75) is 31.0 Å². The third kappa shape index (κ3) is 3.25. The molecule has 4 atom stereocenters. The average Bonchev–Trinajstić information content (AvgIpc) is 2.73. The smallest absolute Gasteiger partial charge is 0.123 e. The van der Waals surface area contributed by atoms with Crippen molar-refractivity contribution in [1.29, 1.82) is 0 Å². The Kier molecular flexibility index (Phi) is 5.05. The van der Waals surface area contributed by atoms with Crippen LogP contribution in [0.15, 0.2) is 84.9 Å². The molecular weight excluding hydrogens is 349 g/mol. The van der Waals surface area contributed by atoms with Crippen LogP contribution in [0.25, 0.3) is 0 Å². The van der Waals surface area contributed by atoms with Crippen LogP contribution in [0.3, 0.4) is 0 Å². The highest BCUT2D eigenvalue weighted by molar-refractivity contribution is 5.32. The fraction of sp³-hybridized carbons (Fsp3) is 0.280. The molecule has 1 aliphatic heterocycles. The lowest BCUT2D eigenvalue weighted by Gasteiger charge is -2.52. The van der Waals surface area contributed by atoms with Gasteiger partial charge in [-0.1, -0.05) is 79.7 Å². The third-order valence-corrected chi connectivity index (χ3v) is 6.33. The minimum absolute atomic E-state index is 0.0372. The highest BCUT2D eigenvalue weighted by atomic mass is 19.1. The normalized spacial score (nSPS) is 28.2. The van der Waals surface area contributed by atoms with Crippen molar-refractivity contribution >= 4 is 0 Å². The molecule has 3 aromatic carbocycles. The van der Waals surface area contributed by atoms with E-state index in [-0.39, 0.29) is 23.8 Å². The molecular formula is C25H26FNO. The number of aliphatic hydroxyl groups is 1. The molecule has 0 aliphatic carbocycles. The molecule has 1 heterocycles. The van der Waals surface area contributed by atoms with Crippen LogP contribution >= 0.6 is 0 Å². The van der Waals surface area contributed by atoms with E-state index < -0.39 is 5.60 Å². The molecule has 28 heavy (non-hydrogen) atoms. The molecule has 3 heteroatoms. The van der Waals surface area contributed by atoms with Gasteiger partial charge in [0.05, 0.1) is 5.60 Å². The van der Waals surface area contributed by atoms with Gasteiger partial charge < -0.3 is 5.11 Å². The Morgan fingerprint density at radius 3 is 1.96 bits per heavy atom. The molecule has 1 aliphatic rings. The van der Waals surface area contributed by atoms with Crippen molar-refractivity contribution in [3.05, 3.63) is 107 Å². The average molecular weight is 375 g/mol. The van der Waals surface area contributed by atoms with Crippen molar-refractivity contribution in [3.63, 3.8) is 0 Å². The summed E-state index contributed by atoms with van der Waals surface area (Å²) in [6.07, 6.45) is 0.559. The zero-order chi connectivity index (χ0) is 19.7. The lowest BCUT2D eigenvalue weighted by atomic mass is 9.68. The molecule has 1 N–H and O–H groups in total. The molecule has 1 saturated heterocycles. The number of likely N-dealkylation sites (tertiary alicyclic amines) is 1.